The summed E-state index contributed by atoms with van der Waals surface area (Å²) in [6.45, 7) is 4.44. The molecule has 1 fully saturated rings. The average Bonchev–Trinajstić information content (AvgIpc) is 2.57. The maximum atomic E-state index is 4.49. The molecule has 2 atom stereocenters. The van der Waals surface area contributed by atoms with Crippen LogP contribution in [0.25, 0.3) is 0 Å². The summed E-state index contributed by atoms with van der Waals surface area (Å²) in [7, 11) is 0. The normalized spacial score (nSPS) is 29.9. The molecule has 1 aromatic heterocycles. The summed E-state index contributed by atoms with van der Waals surface area (Å²) in [5, 5.41) is 3.47. The van der Waals surface area contributed by atoms with Crippen LogP contribution in [-0.2, 0) is 6.42 Å². The summed E-state index contributed by atoms with van der Waals surface area (Å²) in [4.78, 5) is 6.97. The van der Waals surface area contributed by atoms with Gasteiger partial charge in [0.2, 0.25) is 0 Å². The number of piperazine rings is 1. The molecule has 3 nitrogen and oxygen atoms in total. The lowest BCUT2D eigenvalue weighted by atomic mass is 10.1. The Kier molecular flexibility index (Phi) is 1.74. The van der Waals surface area contributed by atoms with Gasteiger partial charge in [-0.2, -0.15) is 0 Å². The zero-order valence-corrected chi connectivity index (χ0v) is 8.40. The van der Waals surface area contributed by atoms with Crippen molar-refractivity contribution in [3.8, 4) is 0 Å². The van der Waals surface area contributed by atoms with E-state index in [2.05, 4.69) is 28.2 Å². The molecule has 0 bridgehead atoms. The molecule has 3 heteroatoms. The van der Waals surface area contributed by atoms with Crippen LogP contribution in [0.1, 0.15) is 12.5 Å². The predicted octanol–water partition coefficient (Wildman–Crippen LogP) is 0.804. The molecule has 1 N–H and O–H groups in total. The van der Waals surface area contributed by atoms with Crippen molar-refractivity contribution in [1.29, 1.82) is 0 Å². The second kappa shape index (κ2) is 2.95. The summed E-state index contributed by atoms with van der Waals surface area (Å²) in [6.07, 6.45) is 3.05. The van der Waals surface area contributed by atoms with E-state index in [1.807, 2.05) is 12.3 Å². The Morgan fingerprint density at radius 2 is 2.43 bits per heavy atom. The van der Waals surface area contributed by atoms with Gasteiger partial charge in [0.15, 0.2) is 0 Å². The van der Waals surface area contributed by atoms with Crippen LogP contribution in [0.5, 0.6) is 0 Å². The van der Waals surface area contributed by atoms with Gasteiger partial charge in [0, 0.05) is 31.4 Å². The number of hydrogen-bond acceptors (Lipinski definition) is 3. The Morgan fingerprint density at radius 3 is 3.36 bits per heavy atom. The first-order valence-corrected chi connectivity index (χ1v) is 5.29. The zero-order chi connectivity index (χ0) is 9.54. The molecule has 0 saturated carbocycles. The van der Waals surface area contributed by atoms with E-state index >= 15 is 0 Å². The molecule has 0 spiro atoms. The third kappa shape index (κ3) is 1.05. The number of aromatic nitrogens is 1. The maximum absolute atomic E-state index is 4.49. The van der Waals surface area contributed by atoms with Gasteiger partial charge in [-0.1, -0.05) is 6.07 Å². The van der Waals surface area contributed by atoms with Crippen LogP contribution in [0, 0.1) is 0 Å². The zero-order valence-electron chi connectivity index (χ0n) is 8.40. The van der Waals surface area contributed by atoms with Crippen LogP contribution in [-0.4, -0.2) is 30.2 Å². The molecule has 0 aliphatic carbocycles. The SMILES string of the molecule is C[C@@H]1CNCC2Cc3cccnc3N21. The fourth-order valence-electron chi connectivity index (χ4n) is 2.64. The van der Waals surface area contributed by atoms with Crippen molar-refractivity contribution < 1.29 is 0 Å². The monoisotopic (exact) mass is 189 g/mol. The van der Waals surface area contributed by atoms with Crippen molar-refractivity contribution >= 4 is 5.82 Å². The molecule has 0 aromatic carbocycles. The standard InChI is InChI=1S/C11H15N3/c1-8-6-12-7-10-5-9-3-2-4-13-11(9)14(8)10/h2-4,8,10,12H,5-7H2,1H3/t8-,10?/m1/s1. The molecule has 1 unspecified atom stereocenters. The number of nitrogens with zero attached hydrogens (tertiary/aromatic N) is 2. The maximum Gasteiger partial charge on any atom is 0.132 e. The lowest BCUT2D eigenvalue weighted by molar-refractivity contribution is 0.428. The molecular formula is C11H15N3. The van der Waals surface area contributed by atoms with Gasteiger partial charge in [-0.25, -0.2) is 4.98 Å². The third-order valence-electron chi connectivity index (χ3n) is 3.26. The number of anilines is 1. The smallest absolute Gasteiger partial charge is 0.132 e. The van der Waals surface area contributed by atoms with Crippen LogP contribution in [0.2, 0.25) is 0 Å². The number of fused-ring (bicyclic) bond motifs is 3. The van der Waals surface area contributed by atoms with Crippen LogP contribution in [0.15, 0.2) is 18.3 Å². The molecule has 3 rings (SSSR count). The molecule has 1 saturated heterocycles. The highest BCUT2D eigenvalue weighted by molar-refractivity contribution is 5.55. The molecule has 0 radical (unpaired) electrons. The van der Waals surface area contributed by atoms with Gasteiger partial charge >= 0.3 is 0 Å². The molecule has 0 amide bonds. The molecule has 2 aliphatic rings. The van der Waals surface area contributed by atoms with Gasteiger partial charge in [-0.3, -0.25) is 0 Å². The second-order valence-electron chi connectivity index (χ2n) is 4.26. The summed E-state index contributed by atoms with van der Waals surface area (Å²) in [5.41, 5.74) is 1.41. The van der Waals surface area contributed by atoms with Crippen LogP contribution in [0.3, 0.4) is 0 Å². The van der Waals surface area contributed by atoms with E-state index in [0.29, 0.717) is 12.1 Å². The van der Waals surface area contributed by atoms with Gasteiger partial charge < -0.3 is 10.2 Å². The van der Waals surface area contributed by atoms with Gasteiger partial charge in [-0.05, 0) is 25.0 Å². The number of rotatable bonds is 0. The van der Waals surface area contributed by atoms with Crippen LogP contribution >= 0.6 is 0 Å². The topological polar surface area (TPSA) is 28.2 Å². The first kappa shape index (κ1) is 8.24. The van der Waals surface area contributed by atoms with Crippen molar-refractivity contribution in [2.75, 3.05) is 18.0 Å². The summed E-state index contributed by atoms with van der Waals surface area (Å²) < 4.78 is 0. The first-order valence-electron chi connectivity index (χ1n) is 5.29. The van der Waals surface area contributed by atoms with Crippen molar-refractivity contribution in [1.82, 2.24) is 10.3 Å². The van der Waals surface area contributed by atoms with Crippen LogP contribution < -0.4 is 10.2 Å². The van der Waals surface area contributed by atoms with E-state index < -0.39 is 0 Å². The minimum absolute atomic E-state index is 0.574. The Labute approximate surface area is 84.1 Å². The molecule has 2 aliphatic heterocycles. The van der Waals surface area contributed by atoms with E-state index in [4.69, 9.17) is 0 Å². The summed E-state index contributed by atoms with van der Waals surface area (Å²) in [6, 6.07) is 5.44. The van der Waals surface area contributed by atoms with Gasteiger partial charge in [0.05, 0.1) is 0 Å². The summed E-state index contributed by atoms with van der Waals surface area (Å²) in [5.74, 6) is 1.21. The van der Waals surface area contributed by atoms with Gasteiger partial charge in [0.25, 0.3) is 0 Å². The number of hydrogen-bond donors (Lipinski definition) is 1. The Hall–Kier alpha value is -1.09. The molecule has 3 heterocycles. The molecular weight excluding hydrogens is 174 g/mol. The minimum Gasteiger partial charge on any atom is -0.348 e. The molecule has 14 heavy (non-hydrogen) atoms. The van der Waals surface area contributed by atoms with Gasteiger partial charge in [0.1, 0.15) is 5.82 Å². The third-order valence-corrected chi connectivity index (χ3v) is 3.26. The second-order valence-corrected chi connectivity index (χ2v) is 4.26. The van der Waals surface area contributed by atoms with Crippen molar-refractivity contribution in [3.63, 3.8) is 0 Å². The van der Waals surface area contributed by atoms with Crippen molar-refractivity contribution in [2.45, 2.75) is 25.4 Å². The van der Waals surface area contributed by atoms with Crippen molar-refractivity contribution in [3.05, 3.63) is 23.9 Å². The van der Waals surface area contributed by atoms with E-state index in [1.54, 1.807) is 0 Å². The van der Waals surface area contributed by atoms with E-state index in [9.17, 15) is 0 Å². The fourth-order valence-corrected chi connectivity index (χ4v) is 2.64. The van der Waals surface area contributed by atoms with Gasteiger partial charge in [-0.15, -0.1) is 0 Å². The first-order chi connectivity index (χ1) is 6.86. The van der Waals surface area contributed by atoms with Crippen LogP contribution in [0.4, 0.5) is 5.82 Å². The highest BCUT2D eigenvalue weighted by Gasteiger charge is 2.35. The average molecular weight is 189 g/mol. The molecule has 1 aromatic rings. The molecule has 74 valence electrons. The van der Waals surface area contributed by atoms with Crippen molar-refractivity contribution in [2.24, 2.45) is 0 Å². The van der Waals surface area contributed by atoms with E-state index in [1.165, 1.54) is 11.4 Å². The highest BCUT2D eigenvalue weighted by atomic mass is 15.3. The Morgan fingerprint density at radius 1 is 1.50 bits per heavy atom. The quantitative estimate of drug-likeness (QED) is 0.654. The largest absolute Gasteiger partial charge is 0.348 e. The highest BCUT2D eigenvalue weighted by Crippen LogP contribution is 2.32. The summed E-state index contributed by atoms with van der Waals surface area (Å²) >= 11 is 0. The Bertz CT molecular complexity index is 350. The minimum atomic E-state index is 0.574. The number of pyridine rings is 1. The number of nitrogens with one attached hydrogen (secondary N) is 1. The Balaban J connectivity index is 2.03. The van der Waals surface area contributed by atoms with E-state index in [0.717, 1.165) is 19.5 Å². The lowest BCUT2D eigenvalue weighted by Crippen LogP contribution is -2.55. The van der Waals surface area contributed by atoms with E-state index in [-0.39, 0.29) is 0 Å². The lowest BCUT2D eigenvalue weighted by Gasteiger charge is -2.37. The fraction of sp³-hybridized carbons (Fsp3) is 0.545. The predicted molar refractivity (Wildman–Crippen MR) is 56.5 cm³/mol.